The molecule has 0 radical (unpaired) electrons. The summed E-state index contributed by atoms with van der Waals surface area (Å²) in [4.78, 5) is 41.0. The van der Waals surface area contributed by atoms with E-state index in [1.54, 1.807) is 24.3 Å². The lowest BCUT2D eigenvalue weighted by Gasteiger charge is -2.27. The number of amides is 1. The summed E-state index contributed by atoms with van der Waals surface area (Å²) in [5.41, 5.74) is 0.135. The van der Waals surface area contributed by atoms with Crippen LogP contribution in [-0.2, 0) is 19.4 Å². The molecule has 8 nitrogen and oxygen atoms in total. The number of ether oxygens (including phenoxy) is 1. The number of carbonyl (C=O) groups excluding carboxylic acids is 2. The molecule has 1 fully saturated rings. The highest BCUT2D eigenvalue weighted by Crippen LogP contribution is 2.19. The summed E-state index contributed by atoms with van der Waals surface area (Å²) in [6, 6.07) is 7.55. The molecule has 1 aliphatic rings. The topological polar surface area (TPSA) is 114 Å². The summed E-state index contributed by atoms with van der Waals surface area (Å²) < 4.78 is 28.6. The number of rotatable bonds is 6. The first kappa shape index (κ1) is 20.1. The number of pyridine rings is 1. The van der Waals surface area contributed by atoms with Gasteiger partial charge in [0, 0.05) is 29.6 Å². The van der Waals surface area contributed by atoms with Crippen molar-refractivity contribution in [1.29, 1.82) is 0 Å². The minimum absolute atomic E-state index is 0.0593. The van der Waals surface area contributed by atoms with Crippen LogP contribution in [0.15, 0.2) is 35.1 Å². The Morgan fingerprint density at radius 1 is 1.29 bits per heavy atom. The van der Waals surface area contributed by atoms with E-state index in [-0.39, 0.29) is 17.1 Å². The summed E-state index contributed by atoms with van der Waals surface area (Å²) in [6.45, 7) is 1.78. The first-order valence-electron chi connectivity index (χ1n) is 9.10. The average Bonchev–Trinajstić information content (AvgIpc) is 3.02. The Hall–Kier alpha value is -2.68. The fourth-order valence-corrected chi connectivity index (χ4v) is 5.17. The first-order valence-corrected chi connectivity index (χ1v) is 10.9. The Morgan fingerprint density at radius 3 is 2.71 bits per heavy atom. The maximum Gasteiger partial charge on any atom is 0.339 e. The van der Waals surface area contributed by atoms with E-state index in [0.717, 1.165) is 6.07 Å². The van der Waals surface area contributed by atoms with Gasteiger partial charge in [-0.25, -0.2) is 13.2 Å². The van der Waals surface area contributed by atoms with Gasteiger partial charge >= 0.3 is 5.97 Å². The minimum atomic E-state index is -3.14. The number of para-hydroxylation sites is 1. The van der Waals surface area contributed by atoms with Gasteiger partial charge in [0.05, 0.1) is 17.1 Å². The predicted octanol–water partition coefficient (Wildman–Crippen LogP) is 1.11. The number of sulfone groups is 1. The zero-order valence-corrected chi connectivity index (χ0v) is 16.3. The summed E-state index contributed by atoms with van der Waals surface area (Å²) in [7, 11) is -3.14. The molecule has 1 aliphatic heterocycles. The van der Waals surface area contributed by atoms with Crippen LogP contribution < -0.4 is 5.56 Å². The number of aromatic nitrogens is 1. The van der Waals surface area contributed by atoms with Crippen LogP contribution in [0, 0.1) is 0 Å². The Labute approximate surface area is 162 Å². The fraction of sp³-hybridized carbons (Fsp3) is 0.421. The maximum absolute atomic E-state index is 12.6. The minimum Gasteiger partial charge on any atom is -0.452 e. The van der Waals surface area contributed by atoms with Crippen molar-refractivity contribution in [2.24, 2.45) is 0 Å². The lowest BCUT2D eigenvalue weighted by atomic mass is 10.1. The molecule has 150 valence electrons. The quantitative estimate of drug-likeness (QED) is 0.719. The van der Waals surface area contributed by atoms with Crippen molar-refractivity contribution < 1.29 is 22.7 Å². The van der Waals surface area contributed by atoms with Gasteiger partial charge in [0.2, 0.25) is 5.56 Å². The molecule has 1 aromatic heterocycles. The van der Waals surface area contributed by atoms with Crippen LogP contribution in [0.5, 0.6) is 0 Å². The van der Waals surface area contributed by atoms with Crippen molar-refractivity contribution in [2.75, 3.05) is 24.7 Å². The van der Waals surface area contributed by atoms with Crippen molar-refractivity contribution in [3.05, 3.63) is 46.2 Å². The van der Waals surface area contributed by atoms with Gasteiger partial charge in [0.25, 0.3) is 5.91 Å². The van der Waals surface area contributed by atoms with Gasteiger partial charge in [0.15, 0.2) is 16.4 Å². The molecule has 1 aromatic carbocycles. The number of carbonyl (C=O) groups is 2. The molecule has 3 rings (SSSR count). The molecule has 0 aliphatic carbocycles. The number of hydrogen-bond donors (Lipinski definition) is 1. The largest absolute Gasteiger partial charge is 0.452 e. The molecule has 1 amide bonds. The van der Waals surface area contributed by atoms with Gasteiger partial charge in [-0.15, -0.1) is 0 Å². The summed E-state index contributed by atoms with van der Waals surface area (Å²) in [5, 5.41) is 0.520. The third-order valence-corrected chi connectivity index (χ3v) is 6.48. The molecule has 0 unspecified atom stereocenters. The van der Waals surface area contributed by atoms with Gasteiger partial charge in [-0.1, -0.05) is 25.1 Å². The molecule has 0 saturated carbocycles. The van der Waals surface area contributed by atoms with Crippen molar-refractivity contribution in [1.82, 2.24) is 9.88 Å². The van der Waals surface area contributed by atoms with Gasteiger partial charge in [-0.2, -0.15) is 0 Å². The van der Waals surface area contributed by atoms with E-state index < -0.39 is 39.9 Å². The lowest BCUT2D eigenvalue weighted by Crippen LogP contribution is -2.43. The number of benzene rings is 1. The van der Waals surface area contributed by atoms with Crippen molar-refractivity contribution in [3.63, 3.8) is 0 Å². The summed E-state index contributed by atoms with van der Waals surface area (Å²) in [6.07, 6.45) is 1.05. The van der Waals surface area contributed by atoms with Crippen LogP contribution in [-0.4, -0.2) is 60.9 Å². The number of nitrogens with zero attached hydrogens (tertiary/aromatic N) is 1. The number of aromatic amines is 1. The van der Waals surface area contributed by atoms with Gasteiger partial charge in [-0.05, 0) is 18.9 Å². The van der Waals surface area contributed by atoms with Gasteiger partial charge < -0.3 is 14.6 Å². The number of hydrogen-bond acceptors (Lipinski definition) is 6. The Kier molecular flexibility index (Phi) is 5.83. The third kappa shape index (κ3) is 4.41. The van der Waals surface area contributed by atoms with Crippen molar-refractivity contribution >= 4 is 32.6 Å². The zero-order chi connectivity index (χ0) is 20.3. The van der Waals surface area contributed by atoms with Gasteiger partial charge in [0.1, 0.15) is 0 Å². The standard InChI is InChI=1S/C19H22N2O6S/c1-2-8-21(13-7-9-28(25,26)12-13)18(23)11-27-19(24)15-10-17(22)20-16-6-4-3-5-14(15)16/h3-6,10,13H,2,7-9,11-12H2,1H3,(H,20,22)/t13-/m0/s1. The van der Waals surface area contributed by atoms with E-state index in [2.05, 4.69) is 4.98 Å². The summed E-state index contributed by atoms with van der Waals surface area (Å²) in [5.74, 6) is -1.22. The molecule has 2 heterocycles. The molecule has 0 spiro atoms. The molecule has 2 aromatic rings. The molecule has 1 saturated heterocycles. The Bertz CT molecular complexity index is 1060. The van der Waals surface area contributed by atoms with E-state index in [4.69, 9.17) is 4.74 Å². The first-order chi connectivity index (χ1) is 13.3. The fourth-order valence-electron chi connectivity index (χ4n) is 3.43. The summed E-state index contributed by atoms with van der Waals surface area (Å²) >= 11 is 0. The van der Waals surface area contributed by atoms with E-state index in [1.807, 2.05) is 6.92 Å². The van der Waals surface area contributed by atoms with Crippen LogP contribution in [0.1, 0.15) is 30.1 Å². The van der Waals surface area contributed by atoms with E-state index in [0.29, 0.717) is 30.3 Å². The third-order valence-electron chi connectivity index (χ3n) is 4.73. The predicted molar refractivity (Wildman–Crippen MR) is 104 cm³/mol. The highest BCUT2D eigenvalue weighted by atomic mass is 32.2. The average molecular weight is 406 g/mol. The molecule has 0 bridgehead atoms. The number of fused-ring (bicyclic) bond motifs is 1. The highest BCUT2D eigenvalue weighted by molar-refractivity contribution is 7.91. The van der Waals surface area contributed by atoms with Crippen LogP contribution in [0.25, 0.3) is 10.9 Å². The molecule has 9 heteroatoms. The molecule has 1 atom stereocenters. The molecule has 1 N–H and O–H groups in total. The highest BCUT2D eigenvalue weighted by Gasteiger charge is 2.34. The maximum atomic E-state index is 12.6. The number of nitrogens with one attached hydrogen (secondary N) is 1. The SMILES string of the molecule is CCCN(C(=O)COC(=O)c1cc(=O)[nH]c2ccccc12)[C@H]1CCS(=O)(=O)C1. The number of esters is 1. The van der Waals surface area contributed by atoms with Gasteiger partial charge in [-0.3, -0.25) is 9.59 Å². The smallest absolute Gasteiger partial charge is 0.339 e. The van der Waals surface area contributed by atoms with Crippen molar-refractivity contribution in [2.45, 2.75) is 25.8 Å². The normalized spacial score (nSPS) is 18.1. The molecular weight excluding hydrogens is 384 g/mol. The zero-order valence-electron chi connectivity index (χ0n) is 15.5. The second-order valence-electron chi connectivity index (χ2n) is 6.81. The Balaban J connectivity index is 1.73. The molecular formula is C19H22N2O6S. The molecule has 28 heavy (non-hydrogen) atoms. The Morgan fingerprint density at radius 2 is 2.04 bits per heavy atom. The van der Waals surface area contributed by atoms with Crippen LogP contribution in [0.4, 0.5) is 0 Å². The van der Waals surface area contributed by atoms with Crippen LogP contribution in [0.3, 0.4) is 0 Å². The monoisotopic (exact) mass is 406 g/mol. The van der Waals surface area contributed by atoms with E-state index in [9.17, 15) is 22.8 Å². The van der Waals surface area contributed by atoms with Crippen LogP contribution in [0.2, 0.25) is 0 Å². The van der Waals surface area contributed by atoms with E-state index >= 15 is 0 Å². The number of H-pyrrole nitrogens is 1. The second-order valence-corrected chi connectivity index (χ2v) is 9.04. The van der Waals surface area contributed by atoms with E-state index in [1.165, 1.54) is 4.90 Å². The van der Waals surface area contributed by atoms with Crippen molar-refractivity contribution in [3.8, 4) is 0 Å². The van der Waals surface area contributed by atoms with Crippen LogP contribution >= 0.6 is 0 Å². The lowest BCUT2D eigenvalue weighted by molar-refractivity contribution is -0.136. The second kappa shape index (κ2) is 8.14.